The van der Waals surface area contributed by atoms with Crippen LogP contribution in [0.25, 0.3) is 0 Å². The van der Waals surface area contributed by atoms with Gasteiger partial charge in [0.05, 0.1) is 18.8 Å². The average Bonchev–Trinajstić information content (AvgIpc) is 2.88. The fourth-order valence-corrected chi connectivity index (χ4v) is 3.17. The van der Waals surface area contributed by atoms with Crippen LogP contribution in [0.5, 0.6) is 0 Å². The fraction of sp³-hybridized carbons (Fsp3) is 0.643. The largest absolute Gasteiger partial charge is 0.373 e. The Bertz CT molecular complexity index is 384. The van der Waals surface area contributed by atoms with Crippen molar-refractivity contribution in [2.75, 3.05) is 26.7 Å². The minimum Gasteiger partial charge on any atom is -0.373 e. The number of ether oxygens (including phenoxy) is 1. The highest BCUT2D eigenvalue weighted by Crippen LogP contribution is 2.28. The molecule has 98 valence electrons. The lowest BCUT2D eigenvalue weighted by Gasteiger charge is -2.38. The molecular weight excluding hydrogens is 226 g/mol. The molecule has 0 radical (unpaired) electrons. The summed E-state index contributed by atoms with van der Waals surface area (Å²) in [5.74, 6) is 0. The van der Waals surface area contributed by atoms with E-state index in [-0.39, 0.29) is 12.1 Å². The van der Waals surface area contributed by atoms with Crippen LogP contribution in [0.2, 0.25) is 0 Å². The molecule has 4 heteroatoms. The molecule has 2 aliphatic rings. The summed E-state index contributed by atoms with van der Waals surface area (Å²) < 4.78 is 6.07. The van der Waals surface area contributed by atoms with Crippen LogP contribution in [0.15, 0.2) is 24.5 Å². The first-order valence-corrected chi connectivity index (χ1v) is 6.81. The molecule has 1 N–H and O–H groups in total. The van der Waals surface area contributed by atoms with Crippen molar-refractivity contribution in [3.63, 3.8) is 0 Å². The first-order valence-electron chi connectivity index (χ1n) is 6.81. The number of morpholine rings is 1. The van der Waals surface area contributed by atoms with Gasteiger partial charge in [0.25, 0.3) is 0 Å². The standard InChI is InChI=1S/C14H21N3O/c1-15-14(11-4-2-6-16-8-11)13-9-17-7-3-5-12(17)10-18-13/h2,4,6,8,12-15H,3,5,7,9-10H2,1H3. The zero-order valence-electron chi connectivity index (χ0n) is 10.9. The Labute approximate surface area is 108 Å². The SMILES string of the molecule is CNC(c1cccnc1)C1CN2CCCC2CO1. The van der Waals surface area contributed by atoms with Crippen LogP contribution in [0.4, 0.5) is 0 Å². The van der Waals surface area contributed by atoms with Crippen LogP contribution in [0, 0.1) is 0 Å². The molecule has 2 aliphatic heterocycles. The van der Waals surface area contributed by atoms with Crippen molar-refractivity contribution in [2.24, 2.45) is 0 Å². The minimum absolute atomic E-state index is 0.230. The summed E-state index contributed by atoms with van der Waals surface area (Å²) in [6.45, 7) is 3.14. The van der Waals surface area contributed by atoms with Crippen molar-refractivity contribution < 1.29 is 4.74 Å². The highest BCUT2D eigenvalue weighted by Gasteiger charge is 2.35. The van der Waals surface area contributed by atoms with E-state index in [1.165, 1.54) is 24.9 Å². The highest BCUT2D eigenvalue weighted by atomic mass is 16.5. The van der Waals surface area contributed by atoms with E-state index in [4.69, 9.17) is 4.74 Å². The van der Waals surface area contributed by atoms with Crippen molar-refractivity contribution in [1.82, 2.24) is 15.2 Å². The summed E-state index contributed by atoms with van der Waals surface area (Å²) >= 11 is 0. The molecule has 0 spiro atoms. The van der Waals surface area contributed by atoms with Gasteiger partial charge in [-0.2, -0.15) is 0 Å². The molecule has 0 aromatic carbocycles. The lowest BCUT2D eigenvalue weighted by Crippen LogP contribution is -2.50. The number of likely N-dealkylation sites (N-methyl/N-ethyl adjacent to an activating group) is 1. The van der Waals surface area contributed by atoms with Crippen LogP contribution in [0.3, 0.4) is 0 Å². The summed E-state index contributed by atoms with van der Waals surface area (Å²) in [6, 6.07) is 5.00. The lowest BCUT2D eigenvalue weighted by atomic mass is 10.0. The van der Waals surface area contributed by atoms with Gasteiger partial charge in [-0.25, -0.2) is 0 Å². The Balaban J connectivity index is 1.72. The summed E-state index contributed by atoms with van der Waals surface area (Å²) in [7, 11) is 2.00. The Morgan fingerprint density at radius 1 is 1.56 bits per heavy atom. The lowest BCUT2D eigenvalue weighted by molar-refractivity contribution is -0.0643. The molecule has 1 aromatic heterocycles. The van der Waals surface area contributed by atoms with Gasteiger partial charge in [0, 0.05) is 25.0 Å². The second-order valence-electron chi connectivity index (χ2n) is 5.22. The number of nitrogens with one attached hydrogen (secondary N) is 1. The topological polar surface area (TPSA) is 37.4 Å². The van der Waals surface area contributed by atoms with Gasteiger partial charge in [-0.15, -0.1) is 0 Å². The average molecular weight is 247 g/mol. The Morgan fingerprint density at radius 3 is 3.28 bits per heavy atom. The molecule has 0 amide bonds. The van der Waals surface area contributed by atoms with Gasteiger partial charge in [0.2, 0.25) is 0 Å². The van der Waals surface area contributed by atoms with Crippen molar-refractivity contribution in [3.8, 4) is 0 Å². The maximum absolute atomic E-state index is 6.07. The number of hydrogen-bond acceptors (Lipinski definition) is 4. The molecule has 4 nitrogen and oxygen atoms in total. The van der Waals surface area contributed by atoms with Crippen molar-refractivity contribution in [2.45, 2.75) is 31.0 Å². The third-order valence-electron chi connectivity index (χ3n) is 4.14. The second-order valence-corrected chi connectivity index (χ2v) is 5.22. The first kappa shape index (κ1) is 12.1. The molecule has 0 saturated carbocycles. The Morgan fingerprint density at radius 2 is 2.50 bits per heavy atom. The summed E-state index contributed by atoms with van der Waals surface area (Å²) in [5, 5.41) is 3.38. The van der Waals surface area contributed by atoms with Gasteiger partial charge in [-0.05, 0) is 38.1 Å². The Kier molecular flexibility index (Phi) is 3.59. The van der Waals surface area contributed by atoms with Gasteiger partial charge < -0.3 is 10.1 Å². The maximum atomic E-state index is 6.07. The number of fused-ring (bicyclic) bond motifs is 1. The number of hydrogen-bond donors (Lipinski definition) is 1. The monoisotopic (exact) mass is 247 g/mol. The molecule has 3 rings (SSSR count). The van der Waals surface area contributed by atoms with E-state index < -0.39 is 0 Å². The summed E-state index contributed by atoms with van der Waals surface area (Å²) in [4.78, 5) is 6.78. The predicted octanol–water partition coefficient (Wildman–Crippen LogP) is 1.21. The van der Waals surface area contributed by atoms with Crippen molar-refractivity contribution >= 4 is 0 Å². The molecule has 18 heavy (non-hydrogen) atoms. The molecular formula is C14H21N3O. The molecule has 3 heterocycles. The van der Waals surface area contributed by atoms with Crippen molar-refractivity contribution in [1.29, 1.82) is 0 Å². The molecule has 0 aliphatic carbocycles. The summed E-state index contributed by atoms with van der Waals surface area (Å²) in [6.07, 6.45) is 6.59. The van der Waals surface area contributed by atoms with Gasteiger partial charge in [0.1, 0.15) is 0 Å². The van der Waals surface area contributed by atoms with Crippen LogP contribution >= 0.6 is 0 Å². The molecule has 2 fully saturated rings. The van der Waals surface area contributed by atoms with Crippen LogP contribution < -0.4 is 5.32 Å². The predicted molar refractivity (Wildman–Crippen MR) is 70.4 cm³/mol. The minimum atomic E-state index is 0.230. The molecule has 1 aromatic rings. The highest BCUT2D eigenvalue weighted by molar-refractivity contribution is 5.16. The maximum Gasteiger partial charge on any atom is 0.0897 e. The van der Waals surface area contributed by atoms with E-state index in [2.05, 4.69) is 21.3 Å². The zero-order valence-corrected chi connectivity index (χ0v) is 10.9. The van der Waals surface area contributed by atoms with Gasteiger partial charge in [-0.1, -0.05) is 6.07 Å². The van der Waals surface area contributed by atoms with Crippen molar-refractivity contribution in [3.05, 3.63) is 30.1 Å². The van der Waals surface area contributed by atoms with E-state index in [0.29, 0.717) is 6.04 Å². The summed E-state index contributed by atoms with van der Waals surface area (Å²) in [5.41, 5.74) is 1.21. The quantitative estimate of drug-likeness (QED) is 0.871. The number of rotatable bonds is 3. The van der Waals surface area contributed by atoms with E-state index in [1.54, 1.807) is 0 Å². The third-order valence-corrected chi connectivity index (χ3v) is 4.14. The van der Waals surface area contributed by atoms with Gasteiger partial charge in [-0.3, -0.25) is 9.88 Å². The normalized spacial score (nSPS) is 30.1. The van der Waals surface area contributed by atoms with Crippen LogP contribution in [-0.2, 0) is 4.74 Å². The molecule has 3 atom stereocenters. The number of pyridine rings is 1. The fourth-order valence-electron chi connectivity index (χ4n) is 3.17. The second kappa shape index (κ2) is 5.34. The van der Waals surface area contributed by atoms with Gasteiger partial charge in [0.15, 0.2) is 0 Å². The van der Waals surface area contributed by atoms with E-state index in [9.17, 15) is 0 Å². The Hall–Kier alpha value is -0.970. The molecule has 3 unspecified atom stereocenters. The van der Waals surface area contributed by atoms with E-state index >= 15 is 0 Å². The van der Waals surface area contributed by atoms with Crippen LogP contribution in [0.1, 0.15) is 24.4 Å². The number of nitrogens with zero attached hydrogens (tertiary/aromatic N) is 2. The first-order chi connectivity index (χ1) is 8.88. The van der Waals surface area contributed by atoms with E-state index in [0.717, 1.165) is 13.2 Å². The van der Waals surface area contributed by atoms with E-state index in [1.807, 2.05) is 25.5 Å². The molecule has 0 bridgehead atoms. The third kappa shape index (κ3) is 2.28. The molecule has 2 saturated heterocycles. The van der Waals surface area contributed by atoms with Gasteiger partial charge >= 0.3 is 0 Å². The van der Waals surface area contributed by atoms with Crippen LogP contribution in [-0.4, -0.2) is 48.8 Å². The number of aromatic nitrogens is 1. The smallest absolute Gasteiger partial charge is 0.0897 e. The zero-order chi connectivity index (χ0) is 12.4.